The van der Waals surface area contributed by atoms with E-state index < -0.39 is 44.1 Å². The number of aromatic amines is 1. The third kappa shape index (κ3) is 4.17. The van der Waals surface area contributed by atoms with Crippen molar-refractivity contribution in [3.63, 3.8) is 0 Å². The van der Waals surface area contributed by atoms with E-state index in [1.807, 2.05) is 0 Å². The molecule has 2 heterocycles. The van der Waals surface area contributed by atoms with Crippen molar-refractivity contribution in [3.05, 3.63) is 33.1 Å². The molecule has 0 spiro atoms. The zero-order valence-electron chi connectivity index (χ0n) is 16.3. The lowest BCUT2D eigenvalue weighted by molar-refractivity contribution is -0.0565. The van der Waals surface area contributed by atoms with Crippen molar-refractivity contribution in [3.8, 4) is 0 Å². The summed E-state index contributed by atoms with van der Waals surface area (Å²) in [5, 5.41) is 9.42. The van der Waals surface area contributed by atoms with Crippen LogP contribution in [0.4, 0.5) is 0 Å². The molecule has 1 aromatic heterocycles. The number of aliphatic hydroxyl groups is 1. The van der Waals surface area contributed by atoms with Gasteiger partial charge in [-0.05, 0) is 14.7 Å². The van der Waals surface area contributed by atoms with Crippen molar-refractivity contribution in [1.82, 2.24) is 9.55 Å². The maximum absolute atomic E-state index is 12.2. The number of nitrogens with one attached hydrogen (secondary N) is 1. The van der Waals surface area contributed by atoms with Crippen LogP contribution in [-0.4, -0.2) is 55.0 Å². The molecule has 1 fully saturated rings. The van der Waals surface area contributed by atoms with E-state index in [-0.39, 0.29) is 11.6 Å². The Morgan fingerprint density at radius 2 is 1.96 bits per heavy atom. The lowest BCUT2D eigenvalue weighted by Crippen LogP contribution is -2.50. The quantitative estimate of drug-likeness (QED) is 0.713. The Kier molecular flexibility index (Phi) is 6.29. The van der Waals surface area contributed by atoms with E-state index in [2.05, 4.69) is 38.8 Å². The molecule has 0 aliphatic carbocycles. The van der Waals surface area contributed by atoms with Crippen molar-refractivity contribution < 1.29 is 19.0 Å². The van der Waals surface area contributed by atoms with E-state index in [4.69, 9.17) is 13.9 Å². The predicted molar refractivity (Wildman–Crippen MR) is 99.8 cm³/mol. The highest BCUT2D eigenvalue weighted by atomic mass is 28.4. The molecule has 0 bridgehead atoms. The standard InChI is InChI=1S/C17H30N2O6Si/c1-17(2,3)26(5,6)25-13-11(8-10-20)24-15(14(13)23-4)19-9-7-12(21)18-16(19)22/h7,9,11,13-15,20H,8,10H2,1-6H3,(H,18,21,22)/q-1/t11-,13-,14-,15-/m1/s1. The number of H-pyrrole nitrogens is 1. The van der Waals surface area contributed by atoms with Crippen LogP contribution in [0.25, 0.3) is 0 Å². The highest BCUT2D eigenvalue weighted by Gasteiger charge is 2.47. The average Bonchev–Trinajstić information content (AvgIpc) is 2.83. The second kappa shape index (κ2) is 7.77. The van der Waals surface area contributed by atoms with E-state index in [9.17, 15) is 14.7 Å². The van der Waals surface area contributed by atoms with Gasteiger partial charge >= 0.3 is 5.69 Å². The van der Waals surface area contributed by atoms with E-state index in [1.165, 1.54) is 16.8 Å². The maximum Gasteiger partial charge on any atom is 0.330 e. The topological polar surface area (TPSA) is 103 Å². The second-order valence-electron chi connectivity index (χ2n) is 8.14. The van der Waals surface area contributed by atoms with Crippen LogP contribution in [0.5, 0.6) is 0 Å². The first-order chi connectivity index (χ1) is 12.0. The third-order valence-corrected chi connectivity index (χ3v) is 9.81. The molecule has 0 unspecified atom stereocenters. The number of hydrogen-bond acceptors (Lipinski definition) is 6. The van der Waals surface area contributed by atoms with Gasteiger partial charge < -0.3 is 19.0 Å². The summed E-state index contributed by atoms with van der Waals surface area (Å²) in [5.41, 5.74) is -1.04. The lowest BCUT2D eigenvalue weighted by Gasteiger charge is -2.51. The number of methoxy groups -OCH3 is 1. The minimum atomic E-state index is -2.14. The van der Waals surface area contributed by atoms with Crippen molar-refractivity contribution in [1.29, 1.82) is 0 Å². The molecule has 1 aromatic rings. The molecular weight excluding hydrogens is 356 g/mol. The zero-order valence-corrected chi connectivity index (χ0v) is 17.3. The molecule has 1 aliphatic rings. The summed E-state index contributed by atoms with van der Waals surface area (Å²) in [4.78, 5) is 25.8. The highest BCUT2D eigenvalue weighted by Crippen LogP contribution is 2.42. The summed E-state index contributed by atoms with van der Waals surface area (Å²) in [6.45, 7) is 10.6. The summed E-state index contributed by atoms with van der Waals surface area (Å²) >= 11 is 0. The van der Waals surface area contributed by atoms with Crippen molar-refractivity contribution in [2.75, 3.05) is 13.7 Å². The lowest BCUT2D eigenvalue weighted by atomic mass is 10.1. The fourth-order valence-corrected chi connectivity index (χ4v) is 4.15. The van der Waals surface area contributed by atoms with Gasteiger partial charge in [-0.2, -0.15) is 0 Å². The molecular formula is C17H30N2O6Si-. The minimum absolute atomic E-state index is 0.0119. The van der Waals surface area contributed by atoms with E-state index in [0.717, 1.165) is 0 Å². The summed E-state index contributed by atoms with van der Waals surface area (Å²) in [6.07, 6.45) is -0.351. The molecule has 149 valence electrons. The summed E-state index contributed by atoms with van der Waals surface area (Å²) in [6, 6.07) is 1.26. The fraction of sp³-hybridized carbons (Fsp3) is 0.765. The van der Waals surface area contributed by atoms with Crippen molar-refractivity contribution >= 4 is 8.32 Å². The van der Waals surface area contributed by atoms with Crippen LogP contribution >= 0.6 is 0 Å². The van der Waals surface area contributed by atoms with Gasteiger partial charge in [-0.25, -0.2) is 4.79 Å². The van der Waals surface area contributed by atoms with Crippen LogP contribution in [-0.2, 0) is 13.9 Å². The van der Waals surface area contributed by atoms with E-state index in [1.54, 1.807) is 7.11 Å². The molecule has 0 aromatic carbocycles. The molecule has 2 N–H and O–H groups in total. The van der Waals surface area contributed by atoms with Crippen LogP contribution in [0.2, 0.25) is 18.1 Å². The highest BCUT2D eigenvalue weighted by molar-refractivity contribution is 6.74. The SMILES string of the molecule is CO[C@@H]1[C@H](O[Si-](C)(C)C(C)(C)C)[C@@H](CCO)O[C@H]1n1ccc(=O)[nH]c1=O. The minimum Gasteiger partial charge on any atom is -0.558 e. The van der Waals surface area contributed by atoms with Gasteiger partial charge in [0.15, 0.2) is 6.23 Å². The summed E-state index contributed by atoms with van der Waals surface area (Å²) < 4.78 is 19.5. The Labute approximate surface area is 154 Å². The van der Waals surface area contributed by atoms with Gasteiger partial charge in [0.2, 0.25) is 0 Å². The van der Waals surface area contributed by atoms with Crippen LogP contribution in [0.15, 0.2) is 21.9 Å². The van der Waals surface area contributed by atoms with Gasteiger partial charge in [-0.1, -0.05) is 20.8 Å². The van der Waals surface area contributed by atoms with Gasteiger partial charge in [-0.15, -0.1) is 18.1 Å². The van der Waals surface area contributed by atoms with Gasteiger partial charge in [0.25, 0.3) is 5.56 Å². The first kappa shape index (κ1) is 21.0. The van der Waals surface area contributed by atoms with Gasteiger partial charge in [0.1, 0.15) is 6.10 Å². The van der Waals surface area contributed by atoms with Crippen LogP contribution in [0.3, 0.4) is 0 Å². The maximum atomic E-state index is 12.2. The van der Waals surface area contributed by atoms with E-state index in [0.29, 0.717) is 6.42 Å². The molecule has 1 saturated heterocycles. The van der Waals surface area contributed by atoms with Gasteiger partial charge in [0, 0.05) is 26.0 Å². The molecule has 2 rings (SSSR count). The molecule has 0 amide bonds. The first-order valence-electron chi connectivity index (χ1n) is 8.80. The Bertz CT molecular complexity index is 723. The third-order valence-electron chi connectivity index (χ3n) is 5.33. The molecule has 1 aliphatic heterocycles. The van der Waals surface area contributed by atoms with Crippen molar-refractivity contribution in [2.45, 2.75) is 69.9 Å². The van der Waals surface area contributed by atoms with Crippen LogP contribution in [0, 0.1) is 0 Å². The summed E-state index contributed by atoms with van der Waals surface area (Å²) in [5.74, 6) is 0. The molecule has 4 atom stereocenters. The molecule has 26 heavy (non-hydrogen) atoms. The first-order valence-corrected chi connectivity index (χ1v) is 11.7. The second-order valence-corrected chi connectivity index (χ2v) is 12.9. The normalized spacial score (nSPS) is 27.0. The Balaban J connectivity index is 2.39. The molecule has 9 heteroatoms. The van der Waals surface area contributed by atoms with Crippen molar-refractivity contribution in [2.24, 2.45) is 0 Å². The van der Waals surface area contributed by atoms with E-state index >= 15 is 0 Å². The molecule has 0 saturated carbocycles. The number of nitrogens with zero attached hydrogens (tertiary/aromatic N) is 1. The number of aromatic nitrogens is 2. The smallest absolute Gasteiger partial charge is 0.330 e. The Morgan fingerprint density at radius 1 is 1.31 bits per heavy atom. The van der Waals surface area contributed by atoms with Gasteiger partial charge in [0.05, 0.1) is 12.2 Å². The number of aliphatic hydroxyl groups excluding tert-OH is 1. The largest absolute Gasteiger partial charge is 0.558 e. The Hall–Kier alpha value is -1.26. The summed E-state index contributed by atoms with van der Waals surface area (Å²) in [7, 11) is -0.596. The van der Waals surface area contributed by atoms with Crippen LogP contribution < -0.4 is 11.2 Å². The number of ether oxygens (including phenoxy) is 2. The van der Waals surface area contributed by atoms with Gasteiger partial charge in [-0.3, -0.25) is 14.3 Å². The zero-order chi connectivity index (χ0) is 19.7. The predicted octanol–water partition coefficient (Wildman–Crippen LogP) is 1.22. The monoisotopic (exact) mass is 386 g/mol. The van der Waals surface area contributed by atoms with Crippen LogP contribution in [0.1, 0.15) is 33.4 Å². The molecule has 8 nitrogen and oxygen atoms in total. The Morgan fingerprint density at radius 3 is 2.46 bits per heavy atom. The molecule has 0 radical (unpaired) electrons. The number of hydrogen-bond donors (Lipinski definition) is 2. The number of rotatable bonds is 6. The fourth-order valence-electron chi connectivity index (χ4n) is 2.83. The average molecular weight is 387 g/mol.